The molecular weight excluding hydrogens is 204 g/mol. The zero-order valence-electron chi connectivity index (χ0n) is 8.86. The standard InChI is InChI=1S/C8H18N2O3S/c1-9-7-4-5-13-6-8(7)10(2)14(3,11)12/h7-9H,4-6H2,1-3H3. The molecule has 6 heteroatoms. The third-order valence-corrected chi connectivity index (χ3v) is 4.00. The Balaban J connectivity index is 2.73. The lowest BCUT2D eigenvalue weighted by Crippen LogP contribution is -2.54. The largest absolute Gasteiger partial charge is 0.380 e. The minimum atomic E-state index is -3.13. The Morgan fingerprint density at radius 2 is 2.14 bits per heavy atom. The Bertz CT molecular complexity index is 278. The maximum atomic E-state index is 11.3. The van der Waals surface area contributed by atoms with E-state index >= 15 is 0 Å². The van der Waals surface area contributed by atoms with E-state index in [1.165, 1.54) is 10.6 Å². The van der Waals surface area contributed by atoms with Crippen molar-refractivity contribution in [3.05, 3.63) is 0 Å². The Hall–Kier alpha value is -0.170. The molecule has 84 valence electrons. The van der Waals surface area contributed by atoms with Gasteiger partial charge in [0.25, 0.3) is 0 Å². The van der Waals surface area contributed by atoms with Gasteiger partial charge in [0.2, 0.25) is 10.0 Å². The third-order valence-electron chi connectivity index (χ3n) is 2.69. The van der Waals surface area contributed by atoms with Crippen molar-refractivity contribution >= 4 is 10.0 Å². The van der Waals surface area contributed by atoms with Crippen molar-refractivity contribution in [3.63, 3.8) is 0 Å². The zero-order chi connectivity index (χ0) is 10.8. The molecule has 2 atom stereocenters. The van der Waals surface area contributed by atoms with Crippen LogP contribution in [-0.4, -0.2) is 58.4 Å². The van der Waals surface area contributed by atoms with Gasteiger partial charge in [-0.3, -0.25) is 0 Å². The monoisotopic (exact) mass is 222 g/mol. The van der Waals surface area contributed by atoms with E-state index in [1.807, 2.05) is 7.05 Å². The van der Waals surface area contributed by atoms with E-state index in [0.29, 0.717) is 13.2 Å². The topological polar surface area (TPSA) is 58.6 Å². The predicted octanol–water partition coefficient (Wildman–Crippen LogP) is -0.745. The van der Waals surface area contributed by atoms with Crippen LogP contribution < -0.4 is 5.32 Å². The fourth-order valence-electron chi connectivity index (χ4n) is 1.66. The van der Waals surface area contributed by atoms with Gasteiger partial charge in [-0.15, -0.1) is 0 Å². The Labute approximate surface area is 85.5 Å². The Morgan fingerprint density at radius 3 is 2.64 bits per heavy atom. The summed E-state index contributed by atoms with van der Waals surface area (Å²) in [6, 6.07) is 0.0900. The van der Waals surface area contributed by atoms with Crippen LogP contribution in [0.4, 0.5) is 0 Å². The third kappa shape index (κ3) is 2.66. The van der Waals surface area contributed by atoms with Crippen LogP contribution in [0.25, 0.3) is 0 Å². The van der Waals surface area contributed by atoms with Crippen molar-refractivity contribution in [3.8, 4) is 0 Å². The molecule has 1 aliphatic rings. The highest BCUT2D eigenvalue weighted by atomic mass is 32.2. The average Bonchev–Trinajstić information content (AvgIpc) is 2.15. The quantitative estimate of drug-likeness (QED) is 0.683. The van der Waals surface area contributed by atoms with Gasteiger partial charge in [0, 0.05) is 19.7 Å². The van der Waals surface area contributed by atoms with Gasteiger partial charge in [-0.1, -0.05) is 0 Å². The lowest BCUT2D eigenvalue weighted by molar-refractivity contribution is 0.0315. The fraction of sp³-hybridized carbons (Fsp3) is 1.00. The summed E-state index contributed by atoms with van der Waals surface area (Å²) in [6.45, 7) is 1.16. The fourth-order valence-corrected chi connectivity index (χ4v) is 2.36. The zero-order valence-corrected chi connectivity index (χ0v) is 9.67. The summed E-state index contributed by atoms with van der Waals surface area (Å²) < 4.78 is 29.3. The summed E-state index contributed by atoms with van der Waals surface area (Å²) in [5, 5.41) is 3.12. The number of hydrogen-bond acceptors (Lipinski definition) is 4. The van der Waals surface area contributed by atoms with Crippen molar-refractivity contribution in [2.75, 3.05) is 33.6 Å². The molecule has 2 unspecified atom stereocenters. The smallest absolute Gasteiger partial charge is 0.211 e. The highest BCUT2D eigenvalue weighted by molar-refractivity contribution is 7.88. The minimum absolute atomic E-state index is 0.0938. The number of sulfonamides is 1. The first-order valence-electron chi connectivity index (χ1n) is 4.65. The van der Waals surface area contributed by atoms with Crippen molar-refractivity contribution < 1.29 is 13.2 Å². The van der Waals surface area contributed by atoms with Crippen LogP contribution in [0.5, 0.6) is 0 Å². The number of rotatable bonds is 3. The van der Waals surface area contributed by atoms with Crippen LogP contribution in [0, 0.1) is 0 Å². The van der Waals surface area contributed by atoms with Gasteiger partial charge in [-0.05, 0) is 13.5 Å². The lowest BCUT2D eigenvalue weighted by Gasteiger charge is -2.36. The molecule has 0 radical (unpaired) electrons. The molecule has 0 aromatic carbocycles. The normalized spacial score (nSPS) is 29.4. The van der Waals surface area contributed by atoms with E-state index in [2.05, 4.69) is 5.32 Å². The number of likely N-dealkylation sites (N-methyl/N-ethyl adjacent to an activating group) is 2. The van der Waals surface area contributed by atoms with E-state index < -0.39 is 10.0 Å². The average molecular weight is 222 g/mol. The maximum absolute atomic E-state index is 11.3. The molecule has 1 rings (SSSR count). The van der Waals surface area contributed by atoms with E-state index in [9.17, 15) is 8.42 Å². The van der Waals surface area contributed by atoms with Gasteiger partial charge in [0.05, 0.1) is 18.9 Å². The molecule has 14 heavy (non-hydrogen) atoms. The molecule has 1 saturated heterocycles. The van der Waals surface area contributed by atoms with Crippen LogP contribution >= 0.6 is 0 Å². The summed E-state index contributed by atoms with van der Waals surface area (Å²) in [4.78, 5) is 0. The molecule has 0 bridgehead atoms. The minimum Gasteiger partial charge on any atom is -0.380 e. The van der Waals surface area contributed by atoms with Gasteiger partial charge in [0.15, 0.2) is 0 Å². The first-order chi connectivity index (χ1) is 6.46. The molecule has 1 heterocycles. The van der Waals surface area contributed by atoms with E-state index in [4.69, 9.17) is 4.74 Å². The second-order valence-corrected chi connectivity index (χ2v) is 5.65. The van der Waals surface area contributed by atoms with Gasteiger partial charge in [0.1, 0.15) is 0 Å². The van der Waals surface area contributed by atoms with Crippen molar-refractivity contribution in [1.82, 2.24) is 9.62 Å². The second-order valence-electron chi connectivity index (χ2n) is 3.61. The number of hydrogen-bond donors (Lipinski definition) is 1. The van der Waals surface area contributed by atoms with Crippen LogP contribution in [0.3, 0.4) is 0 Å². The van der Waals surface area contributed by atoms with Crippen molar-refractivity contribution in [2.45, 2.75) is 18.5 Å². The van der Waals surface area contributed by atoms with Gasteiger partial charge in [-0.25, -0.2) is 8.42 Å². The molecule has 0 saturated carbocycles. The summed E-state index contributed by atoms with van der Waals surface area (Å²) in [7, 11) is 0.310. The van der Waals surface area contributed by atoms with Crippen LogP contribution in [0.15, 0.2) is 0 Å². The first kappa shape index (κ1) is 11.9. The first-order valence-corrected chi connectivity index (χ1v) is 6.49. The SMILES string of the molecule is CNC1CCOCC1N(C)S(C)(=O)=O. The van der Waals surface area contributed by atoms with Gasteiger partial charge in [-0.2, -0.15) is 4.31 Å². The number of ether oxygens (including phenoxy) is 1. The van der Waals surface area contributed by atoms with Crippen LogP contribution in [0.2, 0.25) is 0 Å². The molecule has 1 fully saturated rings. The van der Waals surface area contributed by atoms with Gasteiger partial charge < -0.3 is 10.1 Å². The molecule has 0 amide bonds. The van der Waals surface area contributed by atoms with Crippen LogP contribution in [0.1, 0.15) is 6.42 Å². The summed E-state index contributed by atoms with van der Waals surface area (Å²) >= 11 is 0. The number of nitrogens with zero attached hydrogens (tertiary/aromatic N) is 1. The lowest BCUT2D eigenvalue weighted by atomic mass is 10.0. The van der Waals surface area contributed by atoms with E-state index in [-0.39, 0.29) is 12.1 Å². The highest BCUT2D eigenvalue weighted by Crippen LogP contribution is 2.14. The van der Waals surface area contributed by atoms with Gasteiger partial charge >= 0.3 is 0 Å². The molecule has 1 N–H and O–H groups in total. The van der Waals surface area contributed by atoms with Crippen molar-refractivity contribution in [2.24, 2.45) is 0 Å². The second kappa shape index (κ2) is 4.57. The Kier molecular flexibility index (Phi) is 3.88. The number of nitrogens with one attached hydrogen (secondary N) is 1. The molecule has 5 nitrogen and oxygen atoms in total. The molecule has 0 aromatic heterocycles. The molecule has 1 aliphatic heterocycles. The summed E-state index contributed by atoms with van der Waals surface area (Å²) in [6.07, 6.45) is 2.06. The molecular formula is C8H18N2O3S. The Morgan fingerprint density at radius 1 is 1.50 bits per heavy atom. The molecule has 0 aliphatic carbocycles. The van der Waals surface area contributed by atoms with E-state index in [1.54, 1.807) is 7.05 Å². The predicted molar refractivity (Wildman–Crippen MR) is 54.7 cm³/mol. The highest BCUT2D eigenvalue weighted by Gasteiger charge is 2.31. The molecule has 0 spiro atoms. The summed E-state index contributed by atoms with van der Waals surface area (Å²) in [5.74, 6) is 0. The van der Waals surface area contributed by atoms with Crippen LogP contribution in [-0.2, 0) is 14.8 Å². The maximum Gasteiger partial charge on any atom is 0.211 e. The van der Waals surface area contributed by atoms with E-state index in [0.717, 1.165) is 6.42 Å². The summed E-state index contributed by atoms with van der Waals surface area (Å²) in [5.41, 5.74) is 0. The molecule has 0 aromatic rings. The van der Waals surface area contributed by atoms with Crippen molar-refractivity contribution in [1.29, 1.82) is 0 Å².